The van der Waals surface area contributed by atoms with Crippen molar-refractivity contribution >= 4 is 16.3 Å². The van der Waals surface area contributed by atoms with Crippen LogP contribution in [0, 0.1) is 0 Å². The number of likely N-dealkylation sites (tertiary alicyclic amines) is 1. The molecule has 1 heterocycles. The standard InChI is InChI=1S/C10H23N2OSi/c1-8(2,3)12(14)7(13)10(6,11)9(12,4)5/h11H2,1-6,14H3/q+1/t10-,12-/m1/s1. The minimum absolute atomic E-state index is 0.0360. The van der Waals surface area contributed by atoms with E-state index in [-0.39, 0.29) is 17.0 Å². The van der Waals surface area contributed by atoms with Gasteiger partial charge < -0.3 is 9.88 Å². The minimum Gasteiger partial charge on any atom is -0.314 e. The van der Waals surface area contributed by atoms with Crippen molar-refractivity contribution in [2.24, 2.45) is 5.73 Å². The molecule has 82 valence electrons. The third-order valence-electron chi connectivity index (χ3n) is 4.58. The number of rotatable bonds is 0. The van der Waals surface area contributed by atoms with E-state index in [9.17, 15) is 4.79 Å². The maximum atomic E-state index is 12.1. The number of quaternary nitrogens is 1. The Hall–Kier alpha value is -0.193. The highest BCUT2D eigenvalue weighted by Gasteiger charge is 2.75. The fraction of sp³-hybridized carbons (Fsp3) is 0.900. The molecule has 0 radical (unpaired) electrons. The molecule has 3 nitrogen and oxygen atoms in total. The lowest BCUT2D eigenvalue weighted by molar-refractivity contribution is -0.882. The molecule has 0 saturated carbocycles. The molecule has 0 unspecified atom stereocenters. The second-order valence-electron chi connectivity index (χ2n) is 6.24. The Labute approximate surface area is 89.7 Å². The van der Waals surface area contributed by atoms with Gasteiger partial charge in [0.05, 0.1) is 5.54 Å². The first-order valence-electron chi connectivity index (χ1n) is 5.11. The van der Waals surface area contributed by atoms with Crippen molar-refractivity contribution in [3.05, 3.63) is 0 Å². The van der Waals surface area contributed by atoms with Crippen LogP contribution in [-0.2, 0) is 4.79 Å². The Morgan fingerprint density at radius 2 is 1.64 bits per heavy atom. The summed E-state index contributed by atoms with van der Waals surface area (Å²) in [6, 6.07) is 0. The highest BCUT2D eigenvalue weighted by molar-refractivity contribution is 6.10. The summed E-state index contributed by atoms with van der Waals surface area (Å²) in [5, 5.41) is 0. The first-order valence-corrected chi connectivity index (χ1v) is 6.01. The van der Waals surface area contributed by atoms with Crippen molar-refractivity contribution in [3.8, 4) is 0 Å². The van der Waals surface area contributed by atoms with Crippen LogP contribution in [0.25, 0.3) is 0 Å². The zero-order valence-electron chi connectivity index (χ0n) is 10.4. The fourth-order valence-electron chi connectivity index (χ4n) is 2.53. The van der Waals surface area contributed by atoms with E-state index >= 15 is 0 Å². The second kappa shape index (κ2) is 2.48. The smallest absolute Gasteiger partial charge is 0.314 e. The normalized spacial score (nSPS) is 42.4. The van der Waals surface area contributed by atoms with Gasteiger partial charge in [0, 0.05) is 0 Å². The number of carbonyl (C=O) groups is 1. The molecule has 2 atom stereocenters. The van der Waals surface area contributed by atoms with Gasteiger partial charge in [0.2, 0.25) is 10.4 Å². The van der Waals surface area contributed by atoms with E-state index in [2.05, 4.69) is 34.6 Å². The van der Waals surface area contributed by atoms with Crippen molar-refractivity contribution in [1.29, 1.82) is 0 Å². The predicted octanol–water partition coefficient (Wildman–Crippen LogP) is -0.0817. The Balaban J connectivity index is 3.25. The van der Waals surface area contributed by atoms with Gasteiger partial charge in [-0.2, -0.15) is 0 Å². The van der Waals surface area contributed by atoms with E-state index < -0.39 is 5.54 Å². The third-order valence-corrected chi connectivity index (χ3v) is 7.45. The van der Waals surface area contributed by atoms with Gasteiger partial charge in [-0.05, 0) is 41.5 Å². The predicted molar refractivity (Wildman–Crippen MR) is 61.6 cm³/mol. The van der Waals surface area contributed by atoms with Gasteiger partial charge in [-0.25, -0.2) is 4.79 Å². The van der Waals surface area contributed by atoms with Gasteiger partial charge in [0.15, 0.2) is 5.54 Å². The summed E-state index contributed by atoms with van der Waals surface area (Å²) in [5.74, 6) is 0.196. The summed E-state index contributed by atoms with van der Waals surface area (Å²) < 4.78 is 0.549. The van der Waals surface area contributed by atoms with Crippen LogP contribution < -0.4 is 5.73 Å². The maximum Gasteiger partial charge on any atom is 0.323 e. The van der Waals surface area contributed by atoms with Gasteiger partial charge in [0.25, 0.3) is 0 Å². The Morgan fingerprint density at radius 3 is 1.79 bits per heavy atom. The lowest BCUT2D eigenvalue weighted by Crippen LogP contribution is -2.94. The zero-order valence-corrected chi connectivity index (χ0v) is 12.4. The van der Waals surface area contributed by atoms with E-state index in [1.807, 2.05) is 6.92 Å². The Morgan fingerprint density at radius 1 is 1.29 bits per heavy atom. The van der Waals surface area contributed by atoms with Crippen molar-refractivity contribution < 1.29 is 8.94 Å². The molecule has 0 bridgehead atoms. The summed E-state index contributed by atoms with van der Waals surface area (Å²) >= 11 is 0. The molecule has 2 N–H and O–H groups in total. The molecule has 0 aromatic carbocycles. The average molecular weight is 215 g/mol. The Kier molecular flexibility index (Phi) is 2.11. The average Bonchev–Trinajstić information content (AvgIpc) is 1.98. The summed E-state index contributed by atoms with van der Waals surface area (Å²) in [4.78, 5) is 12.1. The van der Waals surface area contributed by atoms with Gasteiger partial charge in [0.1, 0.15) is 5.54 Å². The van der Waals surface area contributed by atoms with E-state index in [0.29, 0.717) is 4.15 Å². The van der Waals surface area contributed by atoms with Crippen LogP contribution in [0.3, 0.4) is 0 Å². The zero-order chi connectivity index (χ0) is 11.6. The number of β-lactam (4-membered cyclic amide) rings is 1. The molecule has 0 aliphatic carbocycles. The topological polar surface area (TPSA) is 43.1 Å². The molecular weight excluding hydrogens is 192 g/mol. The lowest BCUT2D eigenvalue weighted by atomic mass is 9.67. The maximum absolute atomic E-state index is 12.1. The van der Waals surface area contributed by atoms with Crippen molar-refractivity contribution in [2.75, 3.05) is 0 Å². The fourth-order valence-corrected chi connectivity index (χ4v) is 3.46. The van der Waals surface area contributed by atoms with Gasteiger partial charge in [-0.1, -0.05) is 0 Å². The molecule has 0 aromatic rings. The molecule has 0 aromatic heterocycles. The molecule has 1 aliphatic rings. The van der Waals surface area contributed by atoms with Gasteiger partial charge in [-0.15, -0.1) is 0 Å². The van der Waals surface area contributed by atoms with Crippen LogP contribution in [-0.4, -0.2) is 37.1 Å². The number of carbonyl (C=O) groups excluding carboxylic acids is 1. The van der Waals surface area contributed by atoms with E-state index in [4.69, 9.17) is 5.73 Å². The largest absolute Gasteiger partial charge is 0.323 e. The quantitative estimate of drug-likeness (QED) is 0.454. The van der Waals surface area contributed by atoms with Crippen LogP contribution in [0.5, 0.6) is 0 Å². The number of hydrogen-bond donors (Lipinski definition) is 1. The number of amides is 1. The highest BCUT2D eigenvalue weighted by Crippen LogP contribution is 2.49. The van der Waals surface area contributed by atoms with Crippen molar-refractivity contribution in [2.45, 2.75) is 58.2 Å². The number of hydrogen-bond acceptors (Lipinski definition) is 2. The van der Waals surface area contributed by atoms with E-state index in [0.717, 1.165) is 10.4 Å². The highest BCUT2D eigenvalue weighted by atomic mass is 28.2. The SMILES string of the molecule is CC(C)(C)[N@+]1([SiH3])C(=O)[C@@](C)(N)C1(C)C. The second-order valence-corrected chi connectivity index (χ2v) is 7.59. The monoisotopic (exact) mass is 215 g/mol. The molecule has 1 amide bonds. The molecule has 1 saturated heterocycles. The molecule has 4 heteroatoms. The summed E-state index contributed by atoms with van der Waals surface area (Å²) in [7, 11) is 0.816. The molecule has 1 rings (SSSR count). The van der Waals surface area contributed by atoms with E-state index in [1.165, 1.54) is 0 Å². The van der Waals surface area contributed by atoms with E-state index in [1.54, 1.807) is 0 Å². The van der Waals surface area contributed by atoms with Crippen molar-refractivity contribution in [3.63, 3.8) is 0 Å². The van der Waals surface area contributed by atoms with Gasteiger partial charge >= 0.3 is 5.91 Å². The number of nitrogens with zero attached hydrogens (tertiary/aromatic N) is 1. The molecule has 1 aliphatic heterocycles. The lowest BCUT2D eigenvalue weighted by Gasteiger charge is -2.68. The number of nitrogens with two attached hydrogens (primary N) is 1. The van der Waals surface area contributed by atoms with Crippen LogP contribution in [0.1, 0.15) is 41.5 Å². The van der Waals surface area contributed by atoms with Crippen LogP contribution in [0.15, 0.2) is 0 Å². The first-order chi connectivity index (χ1) is 5.90. The third kappa shape index (κ3) is 0.916. The molecule has 0 spiro atoms. The van der Waals surface area contributed by atoms with Crippen LogP contribution >= 0.6 is 0 Å². The molecular formula is C10H23N2OSi+. The van der Waals surface area contributed by atoms with Crippen LogP contribution in [0.2, 0.25) is 0 Å². The first kappa shape index (κ1) is 11.9. The summed E-state index contributed by atoms with van der Waals surface area (Å²) in [6.45, 7) is 12.4. The molecule has 1 fully saturated rings. The van der Waals surface area contributed by atoms with Crippen LogP contribution in [0.4, 0.5) is 0 Å². The minimum atomic E-state index is -0.665. The Bertz CT molecular complexity index is 291. The van der Waals surface area contributed by atoms with Crippen molar-refractivity contribution in [1.82, 2.24) is 0 Å². The summed E-state index contributed by atoms with van der Waals surface area (Å²) in [6.07, 6.45) is 0. The summed E-state index contributed by atoms with van der Waals surface area (Å²) in [5.41, 5.74) is 5.23. The van der Waals surface area contributed by atoms with Gasteiger partial charge in [-0.3, -0.25) is 0 Å². The molecule has 14 heavy (non-hydrogen) atoms.